The number of aryl methyl sites for hydroxylation is 2. The summed E-state index contributed by atoms with van der Waals surface area (Å²) < 4.78 is 5.57. The van der Waals surface area contributed by atoms with Gasteiger partial charge in [-0.2, -0.15) is 0 Å². The van der Waals surface area contributed by atoms with Crippen molar-refractivity contribution in [1.82, 2.24) is 20.5 Å². The number of hydrogen-bond donors (Lipinski definition) is 1. The number of thioether (sulfide) groups is 1. The van der Waals surface area contributed by atoms with Crippen LogP contribution in [-0.2, 0) is 4.79 Å². The lowest BCUT2D eigenvalue weighted by molar-refractivity contribution is -0.119. The van der Waals surface area contributed by atoms with Crippen LogP contribution in [0.25, 0.3) is 11.5 Å². The minimum Gasteiger partial charge on any atom is -0.411 e. The monoisotopic (exact) mass is 368 g/mol. The molecule has 0 saturated carbocycles. The van der Waals surface area contributed by atoms with E-state index in [2.05, 4.69) is 46.5 Å². The Kier molecular flexibility index (Phi) is 5.68. The molecule has 3 aromatic rings. The van der Waals surface area contributed by atoms with Gasteiger partial charge >= 0.3 is 0 Å². The average molecular weight is 368 g/mol. The Balaban J connectivity index is 1.54. The van der Waals surface area contributed by atoms with Gasteiger partial charge in [0.05, 0.1) is 11.8 Å². The molecule has 0 saturated heterocycles. The van der Waals surface area contributed by atoms with Crippen LogP contribution in [0.15, 0.2) is 52.4 Å². The summed E-state index contributed by atoms with van der Waals surface area (Å²) in [5.74, 6) is 0.552. The quantitative estimate of drug-likeness (QED) is 0.668. The highest BCUT2D eigenvalue weighted by molar-refractivity contribution is 7.99. The number of nitrogens with zero attached hydrogens (tertiary/aromatic N) is 3. The topological polar surface area (TPSA) is 80.9 Å². The molecule has 0 fully saturated rings. The maximum Gasteiger partial charge on any atom is 0.277 e. The van der Waals surface area contributed by atoms with Gasteiger partial charge in [-0.1, -0.05) is 30.0 Å². The summed E-state index contributed by atoms with van der Waals surface area (Å²) in [5, 5.41) is 11.3. The number of amides is 1. The molecule has 1 amide bonds. The molecule has 1 atom stereocenters. The first-order chi connectivity index (χ1) is 12.5. The maximum atomic E-state index is 12.2. The largest absolute Gasteiger partial charge is 0.411 e. The van der Waals surface area contributed by atoms with Gasteiger partial charge in [-0.25, -0.2) is 0 Å². The van der Waals surface area contributed by atoms with Gasteiger partial charge < -0.3 is 9.73 Å². The lowest BCUT2D eigenvalue weighted by Gasteiger charge is -2.15. The minimum atomic E-state index is -0.0793. The van der Waals surface area contributed by atoms with Crippen molar-refractivity contribution in [2.75, 3.05) is 5.75 Å². The number of aromatic nitrogens is 3. The van der Waals surface area contributed by atoms with E-state index < -0.39 is 0 Å². The van der Waals surface area contributed by atoms with E-state index >= 15 is 0 Å². The van der Waals surface area contributed by atoms with Crippen LogP contribution >= 0.6 is 11.8 Å². The second-order valence-electron chi connectivity index (χ2n) is 6.03. The van der Waals surface area contributed by atoms with Crippen molar-refractivity contribution in [2.45, 2.75) is 32.0 Å². The van der Waals surface area contributed by atoms with Gasteiger partial charge in [0.1, 0.15) is 0 Å². The van der Waals surface area contributed by atoms with E-state index in [1.54, 1.807) is 24.5 Å². The molecular formula is C19H20N4O2S. The summed E-state index contributed by atoms with van der Waals surface area (Å²) in [4.78, 5) is 16.2. The molecular weight excluding hydrogens is 348 g/mol. The van der Waals surface area contributed by atoms with E-state index in [0.29, 0.717) is 11.1 Å². The lowest BCUT2D eigenvalue weighted by Crippen LogP contribution is -2.28. The van der Waals surface area contributed by atoms with Gasteiger partial charge in [-0.15, -0.1) is 10.2 Å². The third-order valence-electron chi connectivity index (χ3n) is 4.07. The molecule has 1 N–H and O–H groups in total. The molecule has 1 aromatic carbocycles. The summed E-state index contributed by atoms with van der Waals surface area (Å²) in [6.45, 7) is 6.11. The number of nitrogens with one attached hydrogen (secondary N) is 1. The SMILES string of the molecule is Cc1ccc(C(C)NC(=O)CSc2nnc(-c3ccncc3)o2)cc1C. The predicted molar refractivity (Wildman–Crippen MR) is 101 cm³/mol. The van der Waals surface area contributed by atoms with Gasteiger partial charge in [0, 0.05) is 18.0 Å². The Morgan fingerprint density at radius 1 is 1.15 bits per heavy atom. The molecule has 1 unspecified atom stereocenters. The first kappa shape index (κ1) is 18.1. The summed E-state index contributed by atoms with van der Waals surface area (Å²) in [5.41, 5.74) is 4.34. The van der Waals surface area contributed by atoms with Crippen molar-refractivity contribution in [3.8, 4) is 11.5 Å². The third-order valence-corrected chi connectivity index (χ3v) is 4.89. The molecule has 0 radical (unpaired) electrons. The normalized spacial score (nSPS) is 12.0. The van der Waals surface area contributed by atoms with E-state index in [4.69, 9.17) is 4.42 Å². The van der Waals surface area contributed by atoms with Crippen LogP contribution in [0.4, 0.5) is 0 Å². The van der Waals surface area contributed by atoms with E-state index in [9.17, 15) is 4.79 Å². The Bertz CT molecular complexity index is 896. The molecule has 6 nitrogen and oxygen atoms in total. The Labute approximate surface area is 156 Å². The highest BCUT2D eigenvalue weighted by Crippen LogP contribution is 2.23. The van der Waals surface area contributed by atoms with Crippen molar-refractivity contribution in [3.05, 3.63) is 59.4 Å². The summed E-state index contributed by atoms with van der Waals surface area (Å²) in [7, 11) is 0. The van der Waals surface area contributed by atoms with Crippen molar-refractivity contribution in [2.24, 2.45) is 0 Å². The van der Waals surface area contributed by atoms with Crippen LogP contribution in [-0.4, -0.2) is 26.8 Å². The number of carbonyl (C=O) groups is 1. The zero-order valence-electron chi connectivity index (χ0n) is 14.9. The van der Waals surface area contributed by atoms with E-state index in [0.717, 1.165) is 11.1 Å². The molecule has 26 heavy (non-hydrogen) atoms. The van der Waals surface area contributed by atoms with Gasteiger partial charge in [-0.05, 0) is 49.6 Å². The molecule has 3 rings (SSSR count). The van der Waals surface area contributed by atoms with Crippen LogP contribution in [0.3, 0.4) is 0 Å². The van der Waals surface area contributed by atoms with Gasteiger partial charge in [0.2, 0.25) is 11.8 Å². The third kappa shape index (κ3) is 4.49. The maximum absolute atomic E-state index is 12.2. The molecule has 7 heteroatoms. The van der Waals surface area contributed by atoms with Crippen LogP contribution < -0.4 is 5.32 Å². The van der Waals surface area contributed by atoms with Gasteiger partial charge in [0.25, 0.3) is 5.22 Å². The van der Waals surface area contributed by atoms with Crippen LogP contribution in [0.2, 0.25) is 0 Å². The first-order valence-electron chi connectivity index (χ1n) is 8.26. The van der Waals surface area contributed by atoms with Crippen LogP contribution in [0, 0.1) is 13.8 Å². The number of benzene rings is 1. The smallest absolute Gasteiger partial charge is 0.277 e. The number of pyridine rings is 1. The van der Waals surface area contributed by atoms with Crippen molar-refractivity contribution in [1.29, 1.82) is 0 Å². The van der Waals surface area contributed by atoms with E-state index in [-0.39, 0.29) is 17.7 Å². The predicted octanol–water partition coefficient (Wildman–Crippen LogP) is 3.72. The molecule has 0 aliphatic carbocycles. The summed E-state index contributed by atoms with van der Waals surface area (Å²) in [6.07, 6.45) is 3.32. The second-order valence-corrected chi connectivity index (χ2v) is 6.96. The summed E-state index contributed by atoms with van der Waals surface area (Å²) in [6, 6.07) is 9.74. The van der Waals surface area contributed by atoms with Gasteiger partial charge in [-0.3, -0.25) is 9.78 Å². The number of carbonyl (C=O) groups excluding carboxylic acids is 1. The first-order valence-corrected chi connectivity index (χ1v) is 9.24. The van der Waals surface area contributed by atoms with E-state index in [1.165, 1.54) is 22.9 Å². The fourth-order valence-electron chi connectivity index (χ4n) is 2.41. The fourth-order valence-corrected chi connectivity index (χ4v) is 2.98. The molecule has 0 bridgehead atoms. The van der Waals surface area contributed by atoms with Crippen molar-refractivity contribution >= 4 is 17.7 Å². The molecule has 134 valence electrons. The summed E-state index contributed by atoms with van der Waals surface area (Å²) >= 11 is 1.22. The zero-order valence-corrected chi connectivity index (χ0v) is 15.7. The fraction of sp³-hybridized carbons (Fsp3) is 0.263. The Morgan fingerprint density at radius 2 is 1.92 bits per heavy atom. The zero-order chi connectivity index (χ0) is 18.5. The highest BCUT2D eigenvalue weighted by atomic mass is 32.2. The standard InChI is InChI=1S/C19H20N4O2S/c1-12-4-5-16(10-13(12)2)14(3)21-17(24)11-26-19-23-22-18(25-19)15-6-8-20-9-7-15/h4-10,14H,11H2,1-3H3,(H,21,24). The lowest BCUT2D eigenvalue weighted by atomic mass is 10.0. The molecule has 2 aromatic heterocycles. The Hall–Kier alpha value is -2.67. The Morgan fingerprint density at radius 3 is 2.65 bits per heavy atom. The van der Waals surface area contributed by atoms with Crippen LogP contribution in [0.5, 0.6) is 0 Å². The van der Waals surface area contributed by atoms with E-state index in [1.807, 2.05) is 13.0 Å². The minimum absolute atomic E-state index is 0.0579. The highest BCUT2D eigenvalue weighted by Gasteiger charge is 2.14. The molecule has 0 aliphatic heterocycles. The van der Waals surface area contributed by atoms with Crippen molar-refractivity contribution in [3.63, 3.8) is 0 Å². The number of hydrogen-bond acceptors (Lipinski definition) is 6. The molecule has 0 aliphatic rings. The molecule has 2 heterocycles. The van der Waals surface area contributed by atoms with Crippen molar-refractivity contribution < 1.29 is 9.21 Å². The second kappa shape index (κ2) is 8.14. The van der Waals surface area contributed by atoms with Crippen LogP contribution in [0.1, 0.15) is 29.7 Å². The average Bonchev–Trinajstić information content (AvgIpc) is 3.12. The number of rotatable bonds is 6. The molecule has 0 spiro atoms. The van der Waals surface area contributed by atoms with Gasteiger partial charge in [0.15, 0.2) is 0 Å².